The molecule has 0 amide bonds. The van der Waals surface area contributed by atoms with Gasteiger partial charge in [0, 0.05) is 17.1 Å². The monoisotopic (exact) mass is 258 g/mol. The number of fused-ring (bicyclic) bond motifs is 1. The molecular formula is C13H17F3N2. The largest absolute Gasteiger partial charge is 0.416 e. The Labute approximate surface area is 104 Å². The summed E-state index contributed by atoms with van der Waals surface area (Å²) in [4.78, 5) is 2.93. The van der Waals surface area contributed by atoms with E-state index in [4.69, 9.17) is 5.73 Å². The summed E-state index contributed by atoms with van der Waals surface area (Å²) < 4.78 is 37.5. The predicted molar refractivity (Wildman–Crippen MR) is 67.4 cm³/mol. The fourth-order valence-electron chi connectivity index (χ4n) is 1.72. The van der Waals surface area contributed by atoms with Gasteiger partial charge < -0.3 is 10.7 Å². The Morgan fingerprint density at radius 3 is 2.44 bits per heavy atom. The van der Waals surface area contributed by atoms with E-state index >= 15 is 0 Å². The van der Waals surface area contributed by atoms with Crippen molar-refractivity contribution >= 4 is 10.9 Å². The van der Waals surface area contributed by atoms with Gasteiger partial charge in [-0.05, 0) is 36.7 Å². The summed E-state index contributed by atoms with van der Waals surface area (Å²) >= 11 is 0. The summed E-state index contributed by atoms with van der Waals surface area (Å²) in [5.74, 6) is 0. The van der Waals surface area contributed by atoms with Crippen LogP contribution in [0.3, 0.4) is 0 Å². The number of hydrogen-bond acceptors (Lipinski definition) is 1. The van der Waals surface area contributed by atoms with Crippen molar-refractivity contribution < 1.29 is 13.2 Å². The molecule has 0 saturated carbocycles. The fourth-order valence-corrected chi connectivity index (χ4v) is 1.72. The second-order valence-corrected chi connectivity index (χ2v) is 3.61. The molecule has 2 aromatic rings. The van der Waals surface area contributed by atoms with E-state index in [0.717, 1.165) is 17.7 Å². The fraction of sp³-hybridized carbons (Fsp3) is 0.385. The van der Waals surface area contributed by atoms with Crippen LogP contribution < -0.4 is 5.73 Å². The molecule has 18 heavy (non-hydrogen) atoms. The molecule has 0 spiro atoms. The topological polar surface area (TPSA) is 41.8 Å². The Kier molecular flexibility index (Phi) is 4.78. The van der Waals surface area contributed by atoms with Crippen molar-refractivity contribution in [2.45, 2.75) is 26.4 Å². The third-order valence-electron chi connectivity index (χ3n) is 2.51. The Morgan fingerprint density at radius 1 is 1.22 bits per heavy atom. The van der Waals surface area contributed by atoms with E-state index in [2.05, 4.69) is 4.98 Å². The van der Waals surface area contributed by atoms with Gasteiger partial charge in [0.2, 0.25) is 0 Å². The van der Waals surface area contributed by atoms with E-state index in [1.54, 1.807) is 6.20 Å². The van der Waals surface area contributed by atoms with E-state index < -0.39 is 11.7 Å². The van der Waals surface area contributed by atoms with Gasteiger partial charge >= 0.3 is 6.18 Å². The minimum Gasteiger partial charge on any atom is -0.361 e. The summed E-state index contributed by atoms with van der Waals surface area (Å²) in [7, 11) is 0. The van der Waals surface area contributed by atoms with Crippen molar-refractivity contribution in [1.29, 1.82) is 0 Å². The molecule has 1 heterocycles. The minimum absolute atomic E-state index is 0.420. The Hall–Kier alpha value is -1.49. The first-order chi connectivity index (χ1) is 8.52. The van der Waals surface area contributed by atoms with E-state index in [1.165, 1.54) is 6.07 Å². The molecule has 0 aliphatic heterocycles. The maximum Gasteiger partial charge on any atom is 0.416 e. The number of rotatable bonds is 2. The van der Waals surface area contributed by atoms with Crippen LogP contribution >= 0.6 is 0 Å². The van der Waals surface area contributed by atoms with Crippen molar-refractivity contribution in [3.63, 3.8) is 0 Å². The van der Waals surface area contributed by atoms with E-state index in [0.29, 0.717) is 23.9 Å². The Morgan fingerprint density at radius 2 is 1.89 bits per heavy atom. The molecule has 1 aromatic heterocycles. The van der Waals surface area contributed by atoms with E-state index in [-0.39, 0.29) is 0 Å². The number of nitrogens with one attached hydrogen (secondary N) is 1. The van der Waals surface area contributed by atoms with Crippen LogP contribution in [0.5, 0.6) is 0 Å². The minimum atomic E-state index is -4.30. The molecule has 1 aromatic carbocycles. The lowest BCUT2D eigenvalue weighted by atomic mass is 10.1. The summed E-state index contributed by atoms with van der Waals surface area (Å²) in [5.41, 5.74) is 6.30. The zero-order chi connectivity index (χ0) is 13.8. The Balaban J connectivity index is 0.000000771. The lowest BCUT2D eigenvalue weighted by Crippen LogP contribution is -2.05. The van der Waals surface area contributed by atoms with Gasteiger partial charge in [-0.3, -0.25) is 0 Å². The standard InChI is InChI=1S/C11H11F3N2.C2H6/c12-11(13,14)8-1-2-10-9(5-8)7(3-4-15)6-16-10;1-2/h1-2,5-6,16H,3-4,15H2;1-2H3. The Bertz CT molecular complexity index is 500. The molecule has 0 aliphatic rings. The molecule has 0 radical (unpaired) electrons. The molecule has 100 valence electrons. The highest BCUT2D eigenvalue weighted by molar-refractivity contribution is 5.84. The number of halogens is 3. The summed E-state index contributed by atoms with van der Waals surface area (Å²) in [6, 6.07) is 3.68. The number of H-pyrrole nitrogens is 1. The highest BCUT2D eigenvalue weighted by atomic mass is 19.4. The molecule has 2 rings (SSSR count). The van der Waals surface area contributed by atoms with Crippen LogP contribution in [0.1, 0.15) is 25.0 Å². The highest BCUT2D eigenvalue weighted by Crippen LogP contribution is 2.32. The number of aromatic nitrogens is 1. The van der Waals surface area contributed by atoms with E-state index in [9.17, 15) is 13.2 Å². The van der Waals surface area contributed by atoms with Gasteiger partial charge in [-0.15, -0.1) is 0 Å². The third kappa shape index (κ3) is 3.04. The molecule has 0 bridgehead atoms. The maximum absolute atomic E-state index is 12.5. The quantitative estimate of drug-likeness (QED) is 0.847. The first-order valence-electron chi connectivity index (χ1n) is 5.89. The van der Waals surface area contributed by atoms with Crippen molar-refractivity contribution in [3.8, 4) is 0 Å². The smallest absolute Gasteiger partial charge is 0.361 e. The zero-order valence-electron chi connectivity index (χ0n) is 10.4. The van der Waals surface area contributed by atoms with Crippen LogP contribution in [-0.2, 0) is 12.6 Å². The van der Waals surface area contributed by atoms with Crippen LogP contribution in [0.15, 0.2) is 24.4 Å². The van der Waals surface area contributed by atoms with Gasteiger partial charge in [-0.2, -0.15) is 13.2 Å². The van der Waals surface area contributed by atoms with Gasteiger partial charge in [0.25, 0.3) is 0 Å². The number of aromatic amines is 1. The van der Waals surface area contributed by atoms with Crippen molar-refractivity contribution in [3.05, 3.63) is 35.5 Å². The average Bonchev–Trinajstić information content (AvgIpc) is 2.74. The van der Waals surface area contributed by atoms with Crippen LogP contribution in [0.4, 0.5) is 13.2 Å². The molecule has 0 unspecified atom stereocenters. The number of hydrogen-bond donors (Lipinski definition) is 2. The molecular weight excluding hydrogens is 241 g/mol. The molecule has 0 aliphatic carbocycles. The van der Waals surface area contributed by atoms with Crippen LogP contribution in [0.25, 0.3) is 10.9 Å². The van der Waals surface area contributed by atoms with Gasteiger partial charge in [0.15, 0.2) is 0 Å². The predicted octanol–water partition coefficient (Wildman–Crippen LogP) is 3.71. The lowest BCUT2D eigenvalue weighted by molar-refractivity contribution is -0.137. The number of nitrogens with two attached hydrogens (primary N) is 1. The highest BCUT2D eigenvalue weighted by Gasteiger charge is 2.30. The van der Waals surface area contributed by atoms with Gasteiger partial charge in [0.1, 0.15) is 0 Å². The molecule has 0 saturated heterocycles. The molecule has 5 heteroatoms. The lowest BCUT2D eigenvalue weighted by Gasteiger charge is -2.06. The van der Waals surface area contributed by atoms with Crippen molar-refractivity contribution in [1.82, 2.24) is 4.98 Å². The molecule has 2 nitrogen and oxygen atoms in total. The first-order valence-corrected chi connectivity index (χ1v) is 5.89. The van der Waals surface area contributed by atoms with Gasteiger partial charge in [0.05, 0.1) is 5.56 Å². The summed E-state index contributed by atoms with van der Waals surface area (Å²) in [6.07, 6.45) is -2.02. The van der Waals surface area contributed by atoms with Crippen LogP contribution in [0, 0.1) is 0 Å². The van der Waals surface area contributed by atoms with Crippen molar-refractivity contribution in [2.24, 2.45) is 5.73 Å². The molecule has 0 fully saturated rings. The molecule has 3 N–H and O–H groups in total. The van der Waals surface area contributed by atoms with Crippen LogP contribution in [-0.4, -0.2) is 11.5 Å². The zero-order valence-corrected chi connectivity index (χ0v) is 10.4. The molecule has 0 atom stereocenters. The van der Waals surface area contributed by atoms with E-state index in [1.807, 2.05) is 13.8 Å². The SMILES string of the molecule is CC.NCCc1c[nH]c2ccc(C(F)(F)F)cc12. The second kappa shape index (κ2) is 5.91. The maximum atomic E-state index is 12.5. The van der Waals surface area contributed by atoms with Gasteiger partial charge in [-0.25, -0.2) is 0 Å². The second-order valence-electron chi connectivity index (χ2n) is 3.61. The summed E-state index contributed by atoms with van der Waals surface area (Å²) in [6.45, 7) is 4.42. The summed E-state index contributed by atoms with van der Waals surface area (Å²) in [5, 5.41) is 0.597. The average molecular weight is 258 g/mol. The number of alkyl halides is 3. The van der Waals surface area contributed by atoms with Crippen molar-refractivity contribution in [2.75, 3.05) is 6.54 Å². The third-order valence-corrected chi connectivity index (χ3v) is 2.51. The normalized spacial score (nSPS) is 11.2. The first kappa shape index (κ1) is 14.6. The number of benzene rings is 1. The van der Waals surface area contributed by atoms with Crippen LogP contribution in [0.2, 0.25) is 0 Å². The van der Waals surface area contributed by atoms with Gasteiger partial charge in [-0.1, -0.05) is 13.8 Å².